The lowest BCUT2D eigenvalue weighted by molar-refractivity contribution is -0.148. The summed E-state index contributed by atoms with van der Waals surface area (Å²) in [4.78, 5) is 11.7. The Morgan fingerprint density at radius 2 is 1.89 bits per heavy atom. The predicted molar refractivity (Wildman–Crippen MR) is 80.2 cm³/mol. The fraction of sp³-hybridized carbons (Fsp3) is 0.929. The molecule has 0 aliphatic rings. The van der Waals surface area contributed by atoms with Crippen LogP contribution in [-0.4, -0.2) is 36.7 Å². The number of hydrogen-bond acceptors (Lipinski definition) is 4. The standard InChI is InChI=1S/C14H29NO2S/c1-5-7-8-11-18-12-9-10-14(3,15-6-2)13(16)17-4/h15H,5-12H2,1-4H3. The number of rotatable bonds is 11. The molecule has 108 valence electrons. The molecule has 3 nitrogen and oxygen atoms in total. The number of ether oxygens (including phenoxy) is 1. The Hall–Kier alpha value is -0.220. The Kier molecular flexibility index (Phi) is 10.5. The number of carbonyl (C=O) groups is 1. The SMILES string of the molecule is CCCCCSCCCC(C)(NCC)C(=O)OC. The highest BCUT2D eigenvalue weighted by Gasteiger charge is 2.32. The van der Waals surface area contributed by atoms with E-state index < -0.39 is 5.54 Å². The van der Waals surface area contributed by atoms with E-state index in [1.54, 1.807) is 0 Å². The number of methoxy groups -OCH3 is 1. The zero-order valence-electron chi connectivity index (χ0n) is 12.4. The van der Waals surface area contributed by atoms with Gasteiger partial charge in [0.25, 0.3) is 0 Å². The molecule has 0 spiro atoms. The van der Waals surface area contributed by atoms with Crippen molar-refractivity contribution in [2.24, 2.45) is 0 Å². The Bertz CT molecular complexity index is 224. The predicted octanol–water partition coefficient (Wildman–Crippen LogP) is 3.23. The summed E-state index contributed by atoms with van der Waals surface area (Å²) >= 11 is 1.99. The molecule has 0 saturated heterocycles. The molecular weight excluding hydrogens is 246 g/mol. The summed E-state index contributed by atoms with van der Waals surface area (Å²) in [7, 11) is 1.46. The van der Waals surface area contributed by atoms with Crippen molar-refractivity contribution < 1.29 is 9.53 Å². The van der Waals surface area contributed by atoms with Crippen LogP contribution in [-0.2, 0) is 9.53 Å². The van der Waals surface area contributed by atoms with Crippen LogP contribution < -0.4 is 5.32 Å². The van der Waals surface area contributed by atoms with Gasteiger partial charge in [0.1, 0.15) is 5.54 Å². The van der Waals surface area contributed by atoms with Crippen LogP contribution in [0, 0.1) is 0 Å². The minimum absolute atomic E-state index is 0.152. The summed E-state index contributed by atoms with van der Waals surface area (Å²) < 4.78 is 4.87. The van der Waals surface area contributed by atoms with E-state index >= 15 is 0 Å². The van der Waals surface area contributed by atoms with Crippen molar-refractivity contribution in [2.75, 3.05) is 25.2 Å². The van der Waals surface area contributed by atoms with Gasteiger partial charge in [-0.15, -0.1) is 0 Å². The van der Waals surface area contributed by atoms with Crippen LogP contribution in [0.15, 0.2) is 0 Å². The third-order valence-electron chi connectivity index (χ3n) is 3.06. The van der Waals surface area contributed by atoms with E-state index in [1.807, 2.05) is 25.6 Å². The Morgan fingerprint density at radius 3 is 2.44 bits per heavy atom. The van der Waals surface area contributed by atoms with Crippen LogP contribution in [0.5, 0.6) is 0 Å². The molecule has 0 aliphatic carbocycles. The van der Waals surface area contributed by atoms with Crippen molar-refractivity contribution in [1.82, 2.24) is 5.32 Å². The number of likely N-dealkylation sites (N-methyl/N-ethyl adjacent to an activating group) is 1. The van der Waals surface area contributed by atoms with E-state index in [1.165, 1.54) is 32.1 Å². The summed E-state index contributed by atoms with van der Waals surface area (Å²) in [6.45, 7) is 6.96. The minimum Gasteiger partial charge on any atom is -0.468 e. The first-order valence-corrected chi connectivity index (χ1v) is 8.17. The Balaban J connectivity index is 3.80. The average Bonchev–Trinajstić information content (AvgIpc) is 2.37. The lowest BCUT2D eigenvalue weighted by Crippen LogP contribution is -2.50. The second-order valence-corrected chi connectivity index (χ2v) is 6.00. The lowest BCUT2D eigenvalue weighted by atomic mass is 9.96. The van der Waals surface area contributed by atoms with Crippen LogP contribution in [0.3, 0.4) is 0 Å². The number of hydrogen-bond donors (Lipinski definition) is 1. The van der Waals surface area contributed by atoms with Crippen LogP contribution in [0.2, 0.25) is 0 Å². The molecule has 0 aromatic heterocycles. The zero-order valence-corrected chi connectivity index (χ0v) is 13.2. The topological polar surface area (TPSA) is 38.3 Å². The van der Waals surface area contributed by atoms with Gasteiger partial charge in [-0.1, -0.05) is 26.7 Å². The van der Waals surface area contributed by atoms with Gasteiger partial charge in [0.15, 0.2) is 0 Å². The van der Waals surface area contributed by atoms with Gasteiger partial charge in [-0.25, -0.2) is 0 Å². The van der Waals surface area contributed by atoms with E-state index in [0.717, 1.165) is 25.1 Å². The van der Waals surface area contributed by atoms with E-state index in [4.69, 9.17) is 4.74 Å². The van der Waals surface area contributed by atoms with Gasteiger partial charge in [0.05, 0.1) is 7.11 Å². The van der Waals surface area contributed by atoms with Gasteiger partial charge < -0.3 is 10.1 Å². The lowest BCUT2D eigenvalue weighted by Gasteiger charge is -2.27. The molecule has 0 amide bonds. The molecule has 0 rings (SSSR count). The molecule has 1 unspecified atom stereocenters. The highest BCUT2D eigenvalue weighted by atomic mass is 32.2. The molecule has 18 heavy (non-hydrogen) atoms. The van der Waals surface area contributed by atoms with Crippen LogP contribution in [0.25, 0.3) is 0 Å². The molecule has 0 aromatic rings. The average molecular weight is 275 g/mol. The summed E-state index contributed by atoms with van der Waals surface area (Å²) in [6, 6.07) is 0. The van der Waals surface area contributed by atoms with Crippen LogP contribution in [0.1, 0.15) is 52.9 Å². The molecule has 0 radical (unpaired) electrons. The third-order valence-corrected chi connectivity index (χ3v) is 4.22. The van der Waals surface area contributed by atoms with Crippen molar-refractivity contribution in [2.45, 2.75) is 58.4 Å². The van der Waals surface area contributed by atoms with Gasteiger partial charge in [0.2, 0.25) is 0 Å². The second-order valence-electron chi connectivity index (χ2n) is 4.78. The number of carbonyl (C=O) groups excluding carboxylic acids is 1. The number of esters is 1. The van der Waals surface area contributed by atoms with E-state index in [0.29, 0.717) is 0 Å². The highest BCUT2D eigenvalue weighted by molar-refractivity contribution is 7.99. The number of unbranched alkanes of at least 4 members (excludes halogenated alkanes) is 2. The maximum absolute atomic E-state index is 11.7. The maximum Gasteiger partial charge on any atom is 0.325 e. The first-order chi connectivity index (χ1) is 8.60. The maximum atomic E-state index is 11.7. The second kappa shape index (κ2) is 10.7. The van der Waals surface area contributed by atoms with Crippen molar-refractivity contribution in [3.8, 4) is 0 Å². The highest BCUT2D eigenvalue weighted by Crippen LogP contribution is 2.17. The van der Waals surface area contributed by atoms with Crippen molar-refractivity contribution in [3.63, 3.8) is 0 Å². The molecule has 0 heterocycles. The molecule has 1 N–H and O–H groups in total. The van der Waals surface area contributed by atoms with E-state index in [9.17, 15) is 4.79 Å². The minimum atomic E-state index is -0.520. The number of thioether (sulfide) groups is 1. The largest absolute Gasteiger partial charge is 0.468 e. The molecule has 0 aliphatic heterocycles. The Morgan fingerprint density at radius 1 is 1.22 bits per heavy atom. The van der Waals surface area contributed by atoms with Gasteiger partial charge in [-0.2, -0.15) is 11.8 Å². The Labute approximate surface area is 116 Å². The van der Waals surface area contributed by atoms with Crippen LogP contribution >= 0.6 is 11.8 Å². The molecule has 0 bridgehead atoms. The summed E-state index contributed by atoms with van der Waals surface area (Å²) in [5.41, 5.74) is -0.520. The van der Waals surface area contributed by atoms with Gasteiger partial charge in [0, 0.05) is 0 Å². The van der Waals surface area contributed by atoms with E-state index in [-0.39, 0.29) is 5.97 Å². The summed E-state index contributed by atoms with van der Waals surface area (Å²) in [5, 5.41) is 3.24. The summed E-state index contributed by atoms with van der Waals surface area (Å²) in [6.07, 6.45) is 5.80. The quantitative estimate of drug-likeness (QED) is 0.464. The first-order valence-electron chi connectivity index (χ1n) is 7.02. The molecule has 0 aromatic carbocycles. The fourth-order valence-corrected chi connectivity index (χ4v) is 2.92. The van der Waals surface area contributed by atoms with Gasteiger partial charge >= 0.3 is 5.97 Å². The monoisotopic (exact) mass is 275 g/mol. The molecule has 0 fully saturated rings. The van der Waals surface area contributed by atoms with Crippen molar-refractivity contribution in [3.05, 3.63) is 0 Å². The van der Waals surface area contributed by atoms with E-state index in [2.05, 4.69) is 12.2 Å². The third kappa shape index (κ3) is 7.27. The molecule has 0 saturated carbocycles. The molecular formula is C14H29NO2S. The normalized spacial score (nSPS) is 14.2. The number of nitrogens with one attached hydrogen (secondary N) is 1. The van der Waals surface area contributed by atoms with Gasteiger partial charge in [-0.3, -0.25) is 4.79 Å². The van der Waals surface area contributed by atoms with Crippen molar-refractivity contribution >= 4 is 17.7 Å². The van der Waals surface area contributed by atoms with Gasteiger partial charge in [-0.05, 0) is 44.2 Å². The fourth-order valence-electron chi connectivity index (χ4n) is 1.96. The first kappa shape index (κ1) is 17.8. The smallest absolute Gasteiger partial charge is 0.325 e. The van der Waals surface area contributed by atoms with Crippen molar-refractivity contribution in [1.29, 1.82) is 0 Å². The zero-order chi connectivity index (χ0) is 13.9. The summed E-state index contributed by atoms with van der Waals surface area (Å²) in [5.74, 6) is 2.21. The van der Waals surface area contributed by atoms with Crippen LogP contribution in [0.4, 0.5) is 0 Å². The molecule has 4 heteroatoms. The molecule has 1 atom stereocenters.